The summed E-state index contributed by atoms with van der Waals surface area (Å²) in [6, 6.07) is 10.6. The van der Waals surface area contributed by atoms with Crippen LogP contribution < -0.4 is 5.73 Å². The number of nitrogens with two attached hydrogens (primary N) is 1. The highest BCUT2D eigenvalue weighted by Gasteiger charge is 2.13. The molecule has 1 aliphatic heterocycles. The Bertz CT molecular complexity index is 316. The quantitative estimate of drug-likeness (QED) is 0.721. The van der Waals surface area contributed by atoms with Crippen LogP contribution >= 0.6 is 0 Å². The van der Waals surface area contributed by atoms with Crippen LogP contribution in [0.4, 0.5) is 0 Å². The molecule has 1 aromatic carbocycles. The van der Waals surface area contributed by atoms with Crippen molar-refractivity contribution in [2.45, 2.75) is 25.2 Å². The topological polar surface area (TPSA) is 38.4 Å². The zero-order valence-corrected chi connectivity index (χ0v) is 8.32. The van der Waals surface area contributed by atoms with E-state index in [0.29, 0.717) is 5.92 Å². The molecule has 0 spiro atoms. The minimum absolute atomic E-state index is 0.567. The van der Waals surface area contributed by atoms with Gasteiger partial charge in [0.25, 0.3) is 0 Å². The number of nitrogens with zero attached hydrogens (tertiary/aromatic N) is 1. The first-order valence-corrected chi connectivity index (χ1v) is 5.20. The first-order chi connectivity index (χ1) is 6.86. The van der Waals surface area contributed by atoms with Crippen LogP contribution in [0.1, 0.15) is 30.7 Å². The second-order valence-corrected chi connectivity index (χ2v) is 3.83. The summed E-state index contributed by atoms with van der Waals surface area (Å²) in [6.07, 6.45) is 3.33. The van der Waals surface area contributed by atoms with Gasteiger partial charge in [-0.3, -0.25) is 4.99 Å². The molecule has 0 saturated carbocycles. The summed E-state index contributed by atoms with van der Waals surface area (Å²) in [7, 11) is 0. The van der Waals surface area contributed by atoms with Crippen LogP contribution in [0.15, 0.2) is 35.3 Å². The van der Waals surface area contributed by atoms with Gasteiger partial charge in [0.15, 0.2) is 0 Å². The summed E-state index contributed by atoms with van der Waals surface area (Å²) in [6.45, 7) is 0.857. The van der Waals surface area contributed by atoms with E-state index in [0.717, 1.165) is 25.2 Å². The Hall–Kier alpha value is -1.31. The normalized spacial score (nSPS) is 22.6. The number of aliphatic imine (C=N–C) groups is 1. The van der Waals surface area contributed by atoms with Crippen molar-refractivity contribution < 1.29 is 0 Å². The maximum Gasteiger partial charge on any atom is 0.0937 e. The van der Waals surface area contributed by atoms with E-state index in [2.05, 4.69) is 35.3 Å². The van der Waals surface area contributed by atoms with Crippen molar-refractivity contribution in [2.24, 2.45) is 10.7 Å². The highest BCUT2D eigenvalue weighted by molar-refractivity contribution is 5.80. The van der Waals surface area contributed by atoms with Gasteiger partial charge in [0, 0.05) is 18.9 Å². The van der Waals surface area contributed by atoms with Gasteiger partial charge in [-0.15, -0.1) is 0 Å². The minimum atomic E-state index is 0.567. The van der Waals surface area contributed by atoms with Gasteiger partial charge in [-0.25, -0.2) is 0 Å². The molecule has 0 fully saturated rings. The van der Waals surface area contributed by atoms with E-state index >= 15 is 0 Å². The number of benzene rings is 1. The molecule has 14 heavy (non-hydrogen) atoms. The zero-order chi connectivity index (χ0) is 9.80. The Kier molecular flexibility index (Phi) is 2.82. The zero-order valence-electron chi connectivity index (χ0n) is 8.32. The van der Waals surface area contributed by atoms with Crippen LogP contribution in [0, 0.1) is 0 Å². The Labute approximate surface area is 84.9 Å². The fourth-order valence-corrected chi connectivity index (χ4v) is 1.92. The summed E-state index contributed by atoms with van der Waals surface area (Å²) in [4.78, 5) is 4.38. The average Bonchev–Trinajstić information content (AvgIpc) is 2.44. The first-order valence-electron chi connectivity index (χ1n) is 5.20. The van der Waals surface area contributed by atoms with Crippen LogP contribution in [0.5, 0.6) is 0 Å². The van der Waals surface area contributed by atoms with Crippen LogP contribution in [0.25, 0.3) is 0 Å². The molecule has 0 amide bonds. The fourth-order valence-electron chi connectivity index (χ4n) is 1.92. The molecule has 2 rings (SSSR count). The van der Waals surface area contributed by atoms with Crippen LogP contribution in [-0.4, -0.2) is 12.4 Å². The maximum atomic E-state index is 5.73. The van der Waals surface area contributed by atoms with Gasteiger partial charge < -0.3 is 5.73 Å². The Morgan fingerprint density at radius 2 is 2.00 bits per heavy atom. The van der Waals surface area contributed by atoms with Crippen LogP contribution in [0.3, 0.4) is 0 Å². The molecule has 0 aliphatic carbocycles. The lowest BCUT2D eigenvalue weighted by molar-refractivity contribution is 0.629. The average molecular weight is 188 g/mol. The predicted octanol–water partition coefficient (Wildman–Crippen LogP) is 2.31. The molecule has 1 aliphatic rings. The largest absolute Gasteiger partial charge is 0.387 e. The van der Waals surface area contributed by atoms with Gasteiger partial charge in [-0.1, -0.05) is 30.3 Å². The van der Waals surface area contributed by atoms with E-state index in [1.807, 2.05) is 0 Å². The number of amidine groups is 1. The predicted molar refractivity (Wildman–Crippen MR) is 59.5 cm³/mol. The maximum absolute atomic E-state index is 5.73. The molecule has 2 N–H and O–H groups in total. The Morgan fingerprint density at radius 3 is 2.79 bits per heavy atom. The monoisotopic (exact) mass is 188 g/mol. The molecule has 2 nitrogen and oxygen atoms in total. The van der Waals surface area contributed by atoms with Gasteiger partial charge in [0.05, 0.1) is 5.84 Å². The van der Waals surface area contributed by atoms with E-state index in [1.54, 1.807) is 0 Å². The van der Waals surface area contributed by atoms with E-state index in [9.17, 15) is 0 Å². The van der Waals surface area contributed by atoms with E-state index in [4.69, 9.17) is 5.73 Å². The van der Waals surface area contributed by atoms with Crippen molar-refractivity contribution in [3.63, 3.8) is 0 Å². The van der Waals surface area contributed by atoms with E-state index < -0.39 is 0 Å². The minimum Gasteiger partial charge on any atom is -0.387 e. The van der Waals surface area contributed by atoms with Crippen molar-refractivity contribution in [1.29, 1.82) is 0 Å². The van der Waals surface area contributed by atoms with Gasteiger partial charge in [0.1, 0.15) is 0 Å². The molecule has 1 unspecified atom stereocenters. The van der Waals surface area contributed by atoms with Crippen molar-refractivity contribution in [3.05, 3.63) is 35.9 Å². The SMILES string of the molecule is NC1=NCC(c2ccccc2)CCC1. The lowest BCUT2D eigenvalue weighted by atomic mass is 9.94. The standard InChI is InChI=1S/C12H16N2/c13-12-8-4-7-11(9-14-12)10-5-2-1-3-6-10/h1-3,5-6,11H,4,7-9H2,(H2,13,14). The Morgan fingerprint density at radius 1 is 1.21 bits per heavy atom. The van der Waals surface area contributed by atoms with Gasteiger partial charge in [0.2, 0.25) is 0 Å². The second-order valence-electron chi connectivity index (χ2n) is 3.83. The summed E-state index contributed by atoms with van der Waals surface area (Å²) in [5, 5.41) is 0. The van der Waals surface area contributed by atoms with E-state index in [-0.39, 0.29) is 0 Å². The highest BCUT2D eigenvalue weighted by Crippen LogP contribution is 2.24. The van der Waals surface area contributed by atoms with Crippen molar-refractivity contribution in [1.82, 2.24) is 0 Å². The number of rotatable bonds is 1. The molecule has 74 valence electrons. The van der Waals surface area contributed by atoms with Gasteiger partial charge >= 0.3 is 0 Å². The lowest BCUT2D eigenvalue weighted by Crippen LogP contribution is -2.10. The molecule has 1 atom stereocenters. The summed E-state index contributed by atoms with van der Waals surface area (Å²) < 4.78 is 0. The third-order valence-electron chi connectivity index (χ3n) is 2.77. The van der Waals surface area contributed by atoms with E-state index in [1.165, 1.54) is 12.0 Å². The van der Waals surface area contributed by atoms with Crippen molar-refractivity contribution in [2.75, 3.05) is 6.54 Å². The molecular weight excluding hydrogens is 172 g/mol. The summed E-state index contributed by atoms with van der Waals surface area (Å²) in [5.41, 5.74) is 7.12. The van der Waals surface area contributed by atoms with Crippen molar-refractivity contribution in [3.8, 4) is 0 Å². The first kappa shape index (κ1) is 9.25. The van der Waals surface area contributed by atoms with Crippen LogP contribution in [-0.2, 0) is 0 Å². The molecule has 0 saturated heterocycles. The smallest absolute Gasteiger partial charge is 0.0937 e. The molecule has 1 heterocycles. The van der Waals surface area contributed by atoms with Crippen molar-refractivity contribution >= 4 is 5.84 Å². The van der Waals surface area contributed by atoms with Gasteiger partial charge in [-0.2, -0.15) is 0 Å². The number of hydrogen-bond donors (Lipinski definition) is 1. The molecule has 2 heteroatoms. The molecule has 0 radical (unpaired) electrons. The van der Waals surface area contributed by atoms with Gasteiger partial charge in [-0.05, 0) is 18.4 Å². The summed E-state index contributed by atoms with van der Waals surface area (Å²) in [5.74, 6) is 1.39. The highest BCUT2D eigenvalue weighted by atomic mass is 14.9. The lowest BCUT2D eigenvalue weighted by Gasteiger charge is -2.12. The molecule has 0 aromatic heterocycles. The van der Waals surface area contributed by atoms with Crippen LogP contribution in [0.2, 0.25) is 0 Å². The third-order valence-corrected chi connectivity index (χ3v) is 2.77. The fraction of sp³-hybridized carbons (Fsp3) is 0.417. The molecular formula is C12H16N2. The molecule has 1 aromatic rings. The molecule has 0 bridgehead atoms. The summed E-state index contributed by atoms with van der Waals surface area (Å²) >= 11 is 0. The number of hydrogen-bond acceptors (Lipinski definition) is 2. The second kappa shape index (κ2) is 4.27. The Balaban J connectivity index is 2.12. The third kappa shape index (κ3) is 2.13.